The first-order valence-electron chi connectivity index (χ1n) is 9.14. The summed E-state index contributed by atoms with van der Waals surface area (Å²) in [6, 6.07) is 0.664. The third-order valence-corrected chi connectivity index (χ3v) is 4.11. The standard InChI is InChI=1S/C17H37N3O3/c1-4-18-5-11-21-13-15-23-16-14-22-12-10-19-6-8-20(9-7-19)17(2)3/h17-18H,4-16H2,1-3H3. The van der Waals surface area contributed by atoms with Gasteiger partial charge < -0.3 is 19.5 Å². The summed E-state index contributed by atoms with van der Waals surface area (Å²) in [7, 11) is 0. The lowest BCUT2D eigenvalue weighted by Crippen LogP contribution is -2.49. The minimum Gasteiger partial charge on any atom is -0.378 e. The number of piperazine rings is 1. The maximum absolute atomic E-state index is 5.64. The molecule has 0 atom stereocenters. The van der Waals surface area contributed by atoms with E-state index in [1.165, 1.54) is 13.1 Å². The van der Waals surface area contributed by atoms with Gasteiger partial charge in [0, 0.05) is 45.3 Å². The molecular weight excluding hydrogens is 294 g/mol. The highest BCUT2D eigenvalue weighted by molar-refractivity contribution is 4.73. The van der Waals surface area contributed by atoms with Gasteiger partial charge in [-0.25, -0.2) is 0 Å². The van der Waals surface area contributed by atoms with Crippen LogP contribution in [-0.2, 0) is 14.2 Å². The van der Waals surface area contributed by atoms with Gasteiger partial charge in [0.1, 0.15) is 0 Å². The number of nitrogens with one attached hydrogen (secondary N) is 1. The fourth-order valence-corrected chi connectivity index (χ4v) is 2.56. The molecule has 6 nitrogen and oxygen atoms in total. The number of nitrogens with zero attached hydrogens (tertiary/aromatic N) is 2. The zero-order valence-corrected chi connectivity index (χ0v) is 15.4. The predicted octanol–water partition coefficient (Wildman–Crippen LogP) is 0.672. The van der Waals surface area contributed by atoms with Crippen LogP contribution in [-0.4, -0.2) is 101 Å². The molecule has 1 saturated heterocycles. The molecule has 0 unspecified atom stereocenters. The van der Waals surface area contributed by atoms with E-state index in [-0.39, 0.29) is 0 Å². The zero-order chi connectivity index (χ0) is 16.8. The van der Waals surface area contributed by atoms with Crippen molar-refractivity contribution in [2.75, 3.05) is 85.5 Å². The van der Waals surface area contributed by atoms with Crippen LogP contribution in [0.4, 0.5) is 0 Å². The molecule has 1 aliphatic heterocycles. The van der Waals surface area contributed by atoms with Gasteiger partial charge in [-0.3, -0.25) is 9.80 Å². The van der Waals surface area contributed by atoms with E-state index >= 15 is 0 Å². The molecule has 0 saturated carbocycles. The van der Waals surface area contributed by atoms with Gasteiger partial charge in [0.25, 0.3) is 0 Å². The Bertz CT molecular complexity index is 259. The summed E-state index contributed by atoms with van der Waals surface area (Å²) in [6.07, 6.45) is 0. The topological polar surface area (TPSA) is 46.2 Å². The van der Waals surface area contributed by atoms with Crippen molar-refractivity contribution < 1.29 is 14.2 Å². The molecule has 1 heterocycles. The summed E-state index contributed by atoms with van der Waals surface area (Å²) in [6.45, 7) is 18.4. The second-order valence-corrected chi connectivity index (χ2v) is 6.16. The fraction of sp³-hybridized carbons (Fsp3) is 1.00. The van der Waals surface area contributed by atoms with Crippen LogP contribution in [0.5, 0.6) is 0 Å². The molecule has 1 N–H and O–H groups in total. The molecule has 0 aromatic rings. The van der Waals surface area contributed by atoms with Crippen molar-refractivity contribution in [3.63, 3.8) is 0 Å². The average Bonchev–Trinajstić information content (AvgIpc) is 2.56. The molecule has 23 heavy (non-hydrogen) atoms. The first-order valence-corrected chi connectivity index (χ1v) is 9.14. The predicted molar refractivity (Wildman–Crippen MR) is 94.1 cm³/mol. The van der Waals surface area contributed by atoms with E-state index in [1.807, 2.05) is 0 Å². The molecule has 0 aromatic carbocycles. The van der Waals surface area contributed by atoms with E-state index in [2.05, 4.69) is 35.9 Å². The maximum Gasteiger partial charge on any atom is 0.0701 e. The Morgan fingerprint density at radius 1 is 0.826 bits per heavy atom. The lowest BCUT2D eigenvalue weighted by molar-refractivity contribution is 0.00763. The highest BCUT2D eigenvalue weighted by Gasteiger charge is 2.17. The zero-order valence-electron chi connectivity index (χ0n) is 15.4. The molecule has 1 aliphatic rings. The van der Waals surface area contributed by atoms with E-state index in [4.69, 9.17) is 14.2 Å². The highest BCUT2D eigenvalue weighted by Crippen LogP contribution is 2.05. The molecule has 1 rings (SSSR count). The van der Waals surface area contributed by atoms with Gasteiger partial charge in [-0.05, 0) is 20.4 Å². The molecular formula is C17H37N3O3. The van der Waals surface area contributed by atoms with Crippen LogP contribution in [0.15, 0.2) is 0 Å². The molecule has 0 bridgehead atoms. The monoisotopic (exact) mass is 331 g/mol. The lowest BCUT2D eigenvalue weighted by Gasteiger charge is -2.36. The minimum atomic E-state index is 0.645. The van der Waals surface area contributed by atoms with Crippen LogP contribution in [0.1, 0.15) is 20.8 Å². The molecule has 0 aromatic heterocycles. The third kappa shape index (κ3) is 11.0. The van der Waals surface area contributed by atoms with E-state index in [1.54, 1.807) is 0 Å². The van der Waals surface area contributed by atoms with Crippen LogP contribution in [0, 0.1) is 0 Å². The smallest absolute Gasteiger partial charge is 0.0701 e. The Balaban J connectivity index is 1.78. The summed E-state index contributed by atoms with van der Waals surface area (Å²) in [5.74, 6) is 0. The number of rotatable bonds is 14. The average molecular weight is 332 g/mol. The van der Waals surface area contributed by atoms with Crippen molar-refractivity contribution in [1.82, 2.24) is 15.1 Å². The fourth-order valence-electron chi connectivity index (χ4n) is 2.56. The summed E-state index contributed by atoms with van der Waals surface area (Å²) < 4.78 is 16.6. The highest BCUT2D eigenvalue weighted by atomic mass is 16.5. The van der Waals surface area contributed by atoms with E-state index in [9.17, 15) is 0 Å². The Morgan fingerprint density at radius 2 is 1.39 bits per heavy atom. The second kappa shape index (κ2) is 14.1. The molecule has 6 heteroatoms. The minimum absolute atomic E-state index is 0.645. The quantitative estimate of drug-likeness (QED) is 0.472. The van der Waals surface area contributed by atoms with Crippen molar-refractivity contribution >= 4 is 0 Å². The molecule has 138 valence electrons. The van der Waals surface area contributed by atoms with Crippen molar-refractivity contribution in [3.8, 4) is 0 Å². The molecule has 1 fully saturated rings. The van der Waals surface area contributed by atoms with E-state index < -0.39 is 0 Å². The Hall–Kier alpha value is -0.240. The first kappa shape index (κ1) is 20.8. The van der Waals surface area contributed by atoms with Crippen molar-refractivity contribution in [3.05, 3.63) is 0 Å². The molecule has 0 aliphatic carbocycles. The normalized spacial score (nSPS) is 17.2. The van der Waals surface area contributed by atoms with Gasteiger partial charge in [0.05, 0.1) is 39.6 Å². The molecule has 0 radical (unpaired) electrons. The largest absolute Gasteiger partial charge is 0.378 e. The van der Waals surface area contributed by atoms with Gasteiger partial charge in [-0.15, -0.1) is 0 Å². The summed E-state index contributed by atoms with van der Waals surface area (Å²) in [5, 5.41) is 3.22. The first-order chi connectivity index (χ1) is 11.2. The Morgan fingerprint density at radius 3 is 1.96 bits per heavy atom. The summed E-state index contributed by atoms with van der Waals surface area (Å²) >= 11 is 0. The number of ether oxygens (including phenoxy) is 3. The van der Waals surface area contributed by atoms with Crippen LogP contribution in [0.3, 0.4) is 0 Å². The van der Waals surface area contributed by atoms with Crippen molar-refractivity contribution in [1.29, 1.82) is 0 Å². The Kier molecular flexibility index (Phi) is 12.8. The van der Waals surface area contributed by atoms with Gasteiger partial charge in [0.2, 0.25) is 0 Å². The van der Waals surface area contributed by atoms with Gasteiger partial charge in [-0.2, -0.15) is 0 Å². The lowest BCUT2D eigenvalue weighted by atomic mass is 10.2. The summed E-state index contributed by atoms with van der Waals surface area (Å²) in [5.41, 5.74) is 0. The number of hydrogen-bond donors (Lipinski definition) is 1. The van der Waals surface area contributed by atoms with Crippen LogP contribution < -0.4 is 5.32 Å². The summed E-state index contributed by atoms with van der Waals surface area (Å²) in [4.78, 5) is 5.02. The van der Waals surface area contributed by atoms with E-state index in [0.717, 1.165) is 45.9 Å². The van der Waals surface area contributed by atoms with Crippen molar-refractivity contribution in [2.45, 2.75) is 26.8 Å². The second-order valence-electron chi connectivity index (χ2n) is 6.16. The number of likely N-dealkylation sites (N-methyl/N-ethyl adjacent to an activating group) is 1. The van der Waals surface area contributed by atoms with E-state index in [0.29, 0.717) is 32.5 Å². The Labute approximate surface area is 142 Å². The van der Waals surface area contributed by atoms with Gasteiger partial charge >= 0.3 is 0 Å². The maximum atomic E-state index is 5.64. The number of hydrogen-bond acceptors (Lipinski definition) is 6. The van der Waals surface area contributed by atoms with Gasteiger partial charge in [-0.1, -0.05) is 6.92 Å². The van der Waals surface area contributed by atoms with Crippen LogP contribution in [0.2, 0.25) is 0 Å². The molecule has 0 spiro atoms. The third-order valence-electron chi connectivity index (χ3n) is 4.11. The van der Waals surface area contributed by atoms with Crippen LogP contribution in [0.25, 0.3) is 0 Å². The SMILES string of the molecule is CCNCCOCCOCCOCCN1CCN(C(C)C)CC1. The molecule has 0 amide bonds. The van der Waals surface area contributed by atoms with Crippen LogP contribution >= 0.6 is 0 Å². The van der Waals surface area contributed by atoms with Gasteiger partial charge in [0.15, 0.2) is 0 Å². The van der Waals surface area contributed by atoms with Crippen molar-refractivity contribution in [2.24, 2.45) is 0 Å².